The van der Waals surface area contributed by atoms with Crippen molar-refractivity contribution in [1.29, 1.82) is 0 Å². The Hall–Kier alpha value is -0.910. The minimum atomic E-state index is -0.350. The van der Waals surface area contributed by atoms with E-state index in [0.717, 1.165) is 18.7 Å². The summed E-state index contributed by atoms with van der Waals surface area (Å²) in [5, 5.41) is 0. The standard InChI is InChI=1S/C12H21N3O2/c1-16-12(17-2)11-7-14-8-15(11)10-5-3-4-9(10)6-13/h7-10,12H,3-6,13H2,1-2H3. The molecular weight excluding hydrogens is 218 g/mol. The molecule has 5 nitrogen and oxygen atoms in total. The van der Waals surface area contributed by atoms with Crippen molar-refractivity contribution in [2.24, 2.45) is 11.7 Å². The number of hydrogen-bond donors (Lipinski definition) is 1. The Balaban J connectivity index is 2.23. The van der Waals surface area contributed by atoms with Crippen molar-refractivity contribution >= 4 is 0 Å². The summed E-state index contributed by atoms with van der Waals surface area (Å²) in [6, 6.07) is 0.435. The lowest BCUT2D eigenvalue weighted by Gasteiger charge is -2.24. The highest BCUT2D eigenvalue weighted by Gasteiger charge is 2.30. The van der Waals surface area contributed by atoms with Gasteiger partial charge in [0.2, 0.25) is 0 Å². The van der Waals surface area contributed by atoms with Crippen LogP contribution in [0.3, 0.4) is 0 Å². The van der Waals surface area contributed by atoms with E-state index in [4.69, 9.17) is 15.2 Å². The van der Waals surface area contributed by atoms with Crippen molar-refractivity contribution in [3.8, 4) is 0 Å². The monoisotopic (exact) mass is 239 g/mol. The Morgan fingerprint density at radius 3 is 2.88 bits per heavy atom. The van der Waals surface area contributed by atoms with Gasteiger partial charge < -0.3 is 19.8 Å². The summed E-state index contributed by atoms with van der Waals surface area (Å²) in [7, 11) is 3.28. The Kier molecular flexibility index (Phi) is 4.15. The summed E-state index contributed by atoms with van der Waals surface area (Å²) in [4.78, 5) is 4.21. The fourth-order valence-electron chi connectivity index (χ4n) is 2.77. The zero-order valence-electron chi connectivity index (χ0n) is 10.5. The van der Waals surface area contributed by atoms with Crippen molar-refractivity contribution in [2.75, 3.05) is 20.8 Å². The maximum Gasteiger partial charge on any atom is 0.200 e. The van der Waals surface area contributed by atoms with E-state index in [-0.39, 0.29) is 6.29 Å². The van der Waals surface area contributed by atoms with Gasteiger partial charge in [0.15, 0.2) is 6.29 Å². The molecule has 2 rings (SSSR count). The van der Waals surface area contributed by atoms with Crippen molar-refractivity contribution in [3.05, 3.63) is 18.2 Å². The van der Waals surface area contributed by atoms with Gasteiger partial charge in [-0.1, -0.05) is 6.42 Å². The van der Waals surface area contributed by atoms with Gasteiger partial charge in [0.05, 0.1) is 18.2 Å². The lowest BCUT2D eigenvalue weighted by atomic mass is 10.0. The largest absolute Gasteiger partial charge is 0.350 e. The second-order valence-electron chi connectivity index (χ2n) is 4.52. The van der Waals surface area contributed by atoms with Crippen LogP contribution in [0, 0.1) is 5.92 Å². The summed E-state index contributed by atoms with van der Waals surface area (Å²) in [5.74, 6) is 0.539. The van der Waals surface area contributed by atoms with Crippen LogP contribution in [0.15, 0.2) is 12.5 Å². The topological polar surface area (TPSA) is 62.3 Å². The second-order valence-corrected chi connectivity index (χ2v) is 4.52. The minimum Gasteiger partial charge on any atom is -0.350 e. The highest BCUT2D eigenvalue weighted by Crippen LogP contribution is 2.37. The lowest BCUT2D eigenvalue weighted by molar-refractivity contribution is -0.111. The summed E-state index contributed by atoms with van der Waals surface area (Å²) in [5.41, 5.74) is 6.80. The first-order chi connectivity index (χ1) is 8.31. The Bertz CT molecular complexity index is 349. The number of ether oxygens (including phenoxy) is 2. The molecule has 5 heteroatoms. The molecule has 0 aliphatic heterocycles. The third-order valence-corrected chi connectivity index (χ3v) is 3.64. The first kappa shape index (κ1) is 12.5. The third-order valence-electron chi connectivity index (χ3n) is 3.64. The van der Waals surface area contributed by atoms with Gasteiger partial charge in [-0.3, -0.25) is 0 Å². The predicted octanol–water partition coefficient (Wildman–Crippen LogP) is 1.47. The van der Waals surface area contributed by atoms with E-state index in [1.165, 1.54) is 12.8 Å². The van der Waals surface area contributed by atoms with Crippen molar-refractivity contribution < 1.29 is 9.47 Å². The van der Waals surface area contributed by atoms with E-state index in [1.807, 2.05) is 12.5 Å². The minimum absolute atomic E-state index is 0.350. The van der Waals surface area contributed by atoms with Crippen molar-refractivity contribution in [1.82, 2.24) is 9.55 Å². The zero-order valence-corrected chi connectivity index (χ0v) is 10.5. The number of rotatable bonds is 5. The van der Waals surface area contributed by atoms with Crippen molar-refractivity contribution in [2.45, 2.75) is 31.6 Å². The molecule has 96 valence electrons. The summed E-state index contributed by atoms with van der Waals surface area (Å²) < 4.78 is 12.8. The quantitative estimate of drug-likeness (QED) is 0.790. The molecular formula is C12H21N3O2. The Morgan fingerprint density at radius 2 is 2.24 bits per heavy atom. The molecule has 1 aliphatic carbocycles. The first-order valence-corrected chi connectivity index (χ1v) is 6.09. The molecule has 0 spiro atoms. The highest BCUT2D eigenvalue weighted by molar-refractivity contribution is 5.04. The van der Waals surface area contributed by atoms with Crippen LogP contribution >= 0.6 is 0 Å². The Morgan fingerprint density at radius 1 is 1.47 bits per heavy atom. The smallest absolute Gasteiger partial charge is 0.200 e. The van der Waals surface area contributed by atoms with E-state index >= 15 is 0 Å². The van der Waals surface area contributed by atoms with Crippen molar-refractivity contribution in [3.63, 3.8) is 0 Å². The van der Waals surface area contributed by atoms with Crippen LogP contribution in [0.5, 0.6) is 0 Å². The number of nitrogens with zero attached hydrogens (tertiary/aromatic N) is 2. The van der Waals surface area contributed by atoms with Gasteiger partial charge in [0.1, 0.15) is 0 Å². The fraction of sp³-hybridized carbons (Fsp3) is 0.750. The molecule has 1 aromatic rings. The zero-order chi connectivity index (χ0) is 12.3. The molecule has 0 bridgehead atoms. The summed E-state index contributed by atoms with van der Waals surface area (Å²) in [6.07, 6.45) is 6.91. The molecule has 2 atom stereocenters. The third kappa shape index (κ3) is 2.36. The Labute approximate surface area is 102 Å². The lowest BCUT2D eigenvalue weighted by Crippen LogP contribution is -2.23. The van der Waals surface area contributed by atoms with E-state index in [2.05, 4.69) is 9.55 Å². The molecule has 0 saturated heterocycles. The van der Waals surface area contributed by atoms with Gasteiger partial charge in [-0.2, -0.15) is 0 Å². The van der Waals surface area contributed by atoms with Crippen LogP contribution in [0.2, 0.25) is 0 Å². The second kappa shape index (κ2) is 5.62. The molecule has 0 aromatic carbocycles. The molecule has 2 N–H and O–H groups in total. The molecule has 1 saturated carbocycles. The molecule has 1 fully saturated rings. The average Bonchev–Trinajstić information content (AvgIpc) is 2.97. The number of hydrogen-bond acceptors (Lipinski definition) is 4. The van der Waals surface area contributed by atoms with Crippen LogP contribution in [0.25, 0.3) is 0 Å². The number of imidazole rings is 1. The molecule has 0 radical (unpaired) electrons. The molecule has 2 unspecified atom stereocenters. The average molecular weight is 239 g/mol. The molecule has 0 amide bonds. The molecule has 17 heavy (non-hydrogen) atoms. The van der Waals surface area contributed by atoms with E-state index in [0.29, 0.717) is 12.0 Å². The SMILES string of the molecule is COC(OC)c1cncn1C1CCCC1CN. The first-order valence-electron chi connectivity index (χ1n) is 6.09. The summed E-state index contributed by atoms with van der Waals surface area (Å²) >= 11 is 0. The molecule has 1 aliphatic rings. The number of aromatic nitrogens is 2. The van der Waals surface area contributed by atoms with Gasteiger partial charge in [-0.25, -0.2) is 4.98 Å². The maximum absolute atomic E-state index is 5.83. The van der Waals surface area contributed by atoms with Gasteiger partial charge in [-0.05, 0) is 25.3 Å². The summed E-state index contributed by atoms with van der Waals surface area (Å²) in [6.45, 7) is 0.729. The predicted molar refractivity (Wildman–Crippen MR) is 64.4 cm³/mol. The van der Waals surface area contributed by atoms with Gasteiger partial charge in [0.25, 0.3) is 0 Å². The van der Waals surface area contributed by atoms with Gasteiger partial charge in [-0.15, -0.1) is 0 Å². The highest BCUT2D eigenvalue weighted by atomic mass is 16.7. The maximum atomic E-state index is 5.83. The van der Waals surface area contributed by atoms with E-state index in [9.17, 15) is 0 Å². The van der Waals surface area contributed by atoms with Crippen LogP contribution in [0.4, 0.5) is 0 Å². The normalized spacial score (nSPS) is 24.7. The van der Waals surface area contributed by atoms with Crippen LogP contribution in [-0.2, 0) is 9.47 Å². The number of methoxy groups -OCH3 is 2. The molecule has 1 heterocycles. The van der Waals surface area contributed by atoms with Crippen LogP contribution in [-0.4, -0.2) is 30.3 Å². The fourth-order valence-corrected chi connectivity index (χ4v) is 2.77. The molecule has 1 aromatic heterocycles. The van der Waals surface area contributed by atoms with Gasteiger partial charge >= 0.3 is 0 Å². The van der Waals surface area contributed by atoms with E-state index < -0.39 is 0 Å². The van der Waals surface area contributed by atoms with Gasteiger partial charge in [0, 0.05) is 20.3 Å². The number of nitrogens with two attached hydrogens (primary N) is 1. The van der Waals surface area contributed by atoms with E-state index in [1.54, 1.807) is 14.2 Å². The van der Waals surface area contributed by atoms with Crippen LogP contribution in [0.1, 0.15) is 37.3 Å². The van der Waals surface area contributed by atoms with Crippen LogP contribution < -0.4 is 5.73 Å².